The van der Waals surface area contributed by atoms with Gasteiger partial charge in [0.05, 0.1) is 6.61 Å². The van der Waals surface area contributed by atoms with E-state index in [1.807, 2.05) is 6.07 Å². The summed E-state index contributed by atoms with van der Waals surface area (Å²) in [6, 6.07) is 16.9. The molecule has 0 heterocycles. The third-order valence-corrected chi connectivity index (χ3v) is 2.90. The number of rotatable bonds is 4. The first kappa shape index (κ1) is 11.8. The predicted molar refractivity (Wildman–Crippen MR) is 70.5 cm³/mol. The van der Waals surface area contributed by atoms with Gasteiger partial charge in [-0.3, -0.25) is 0 Å². The van der Waals surface area contributed by atoms with Gasteiger partial charge in [0.1, 0.15) is 0 Å². The van der Waals surface area contributed by atoms with Crippen molar-refractivity contribution in [2.24, 2.45) is 5.90 Å². The van der Waals surface area contributed by atoms with Crippen molar-refractivity contribution in [1.29, 1.82) is 0 Å². The summed E-state index contributed by atoms with van der Waals surface area (Å²) in [5, 5.41) is 0. The normalized spacial score (nSPS) is 10.5. The first-order valence-corrected chi connectivity index (χ1v) is 5.78. The Morgan fingerprint density at radius 1 is 1.06 bits per heavy atom. The number of hydrogen-bond donors (Lipinski definition) is 1. The van der Waals surface area contributed by atoms with Crippen molar-refractivity contribution >= 4 is 0 Å². The molecule has 0 bridgehead atoms. The lowest BCUT2D eigenvalue weighted by atomic mass is 9.97. The molecular formula is C15H17NO. The van der Waals surface area contributed by atoms with Crippen LogP contribution in [0.5, 0.6) is 0 Å². The summed E-state index contributed by atoms with van der Waals surface area (Å²) < 4.78 is 0. The summed E-state index contributed by atoms with van der Waals surface area (Å²) in [5.41, 5.74) is 5.06. The zero-order valence-corrected chi connectivity index (χ0v) is 10.0. The van der Waals surface area contributed by atoms with Gasteiger partial charge < -0.3 is 4.84 Å². The average Bonchev–Trinajstić information content (AvgIpc) is 2.39. The molecule has 0 atom stereocenters. The van der Waals surface area contributed by atoms with E-state index in [2.05, 4.69) is 54.2 Å². The van der Waals surface area contributed by atoms with Crippen LogP contribution in [0.1, 0.15) is 11.1 Å². The average molecular weight is 227 g/mol. The molecule has 0 aliphatic heterocycles. The molecule has 2 nitrogen and oxygen atoms in total. The zero-order chi connectivity index (χ0) is 12.1. The molecule has 0 saturated carbocycles. The number of aryl methyl sites for hydroxylation is 1. The van der Waals surface area contributed by atoms with Crippen molar-refractivity contribution in [3.8, 4) is 11.1 Å². The Morgan fingerprint density at radius 2 is 1.82 bits per heavy atom. The van der Waals surface area contributed by atoms with Crippen LogP contribution < -0.4 is 5.90 Å². The first-order chi connectivity index (χ1) is 8.31. The fraction of sp³-hybridized carbons (Fsp3) is 0.200. The van der Waals surface area contributed by atoms with Crippen molar-refractivity contribution < 1.29 is 4.84 Å². The number of nitrogens with two attached hydrogens (primary N) is 1. The van der Waals surface area contributed by atoms with Crippen LogP contribution in [0, 0.1) is 6.92 Å². The van der Waals surface area contributed by atoms with Gasteiger partial charge in [0.15, 0.2) is 0 Å². The molecule has 17 heavy (non-hydrogen) atoms. The second-order valence-corrected chi connectivity index (χ2v) is 4.14. The Hall–Kier alpha value is -1.64. The summed E-state index contributed by atoms with van der Waals surface area (Å²) in [4.78, 5) is 4.62. The monoisotopic (exact) mass is 227 g/mol. The zero-order valence-electron chi connectivity index (χ0n) is 10.0. The van der Waals surface area contributed by atoms with E-state index in [0.29, 0.717) is 6.61 Å². The molecule has 0 amide bonds. The van der Waals surface area contributed by atoms with E-state index in [0.717, 1.165) is 6.42 Å². The smallest absolute Gasteiger partial charge is 0.0719 e. The second kappa shape index (κ2) is 5.62. The Kier molecular flexibility index (Phi) is 3.91. The van der Waals surface area contributed by atoms with Crippen molar-refractivity contribution in [2.45, 2.75) is 13.3 Å². The van der Waals surface area contributed by atoms with Gasteiger partial charge in [-0.05, 0) is 35.6 Å². The molecule has 2 aromatic rings. The number of benzene rings is 2. The molecule has 88 valence electrons. The Labute approximate surface area is 102 Å². The lowest BCUT2D eigenvalue weighted by Crippen LogP contribution is -2.03. The molecule has 0 aliphatic rings. The minimum absolute atomic E-state index is 0.553. The van der Waals surface area contributed by atoms with E-state index >= 15 is 0 Å². The van der Waals surface area contributed by atoms with Crippen LogP contribution in [0.3, 0.4) is 0 Å². The van der Waals surface area contributed by atoms with E-state index in [-0.39, 0.29) is 0 Å². The molecule has 0 spiro atoms. The second-order valence-electron chi connectivity index (χ2n) is 4.14. The van der Waals surface area contributed by atoms with Gasteiger partial charge in [-0.1, -0.05) is 48.5 Å². The highest BCUT2D eigenvalue weighted by Gasteiger charge is 2.03. The van der Waals surface area contributed by atoms with Gasteiger partial charge in [-0.2, -0.15) is 0 Å². The topological polar surface area (TPSA) is 35.2 Å². The van der Waals surface area contributed by atoms with Crippen molar-refractivity contribution in [1.82, 2.24) is 0 Å². The molecule has 2 N–H and O–H groups in total. The maximum Gasteiger partial charge on any atom is 0.0719 e. The Bertz CT molecular complexity index is 480. The van der Waals surface area contributed by atoms with Crippen molar-refractivity contribution in [2.75, 3.05) is 6.61 Å². The van der Waals surface area contributed by atoms with E-state index < -0.39 is 0 Å². The fourth-order valence-corrected chi connectivity index (χ4v) is 1.93. The van der Waals surface area contributed by atoms with Gasteiger partial charge in [0.25, 0.3) is 0 Å². The predicted octanol–water partition coefficient (Wildman–Crippen LogP) is 3.09. The standard InChI is InChI=1S/C15H17NO/c1-12-7-8-13(9-10-17-16)11-15(12)14-5-3-2-4-6-14/h2-8,11H,9-10,16H2,1H3. The van der Waals surface area contributed by atoms with E-state index in [1.165, 1.54) is 22.3 Å². The molecule has 0 radical (unpaired) electrons. The summed E-state index contributed by atoms with van der Waals surface area (Å²) in [6.45, 7) is 2.68. The van der Waals surface area contributed by atoms with Gasteiger partial charge in [0, 0.05) is 0 Å². The molecule has 0 unspecified atom stereocenters. The van der Waals surface area contributed by atoms with E-state index in [9.17, 15) is 0 Å². The molecule has 0 saturated heterocycles. The summed E-state index contributed by atoms with van der Waals surface area (Å²) in [5.74, 6) is 5.06. The van der Waals surface area contributed by atoms with Crippen LogP contribution in [0.2, 0.25) is 0 Å². The highest BCUT2D eigenvalue weighted by Crippen LogP contribution is 2.24. The molecule has 2 aromatic carbocycles. The van der Waals surface area contributed by atoms with E-state index in [1.54, 1.807) is 0 Å². The summed E-state index contributed by atoms with van der Waals surface area (Å²) in [7, 11) is 0. The SMILES string of the molecule is Cc1ccc(CCON)cc1-c1ccccc1. The van der Waals surface area contributed by atoms with Crippen LogP contribution in [0.4, 0.5) is 0 Å². The van der Waals surface area contributed by atoms with Gasteiger partial charge in [-0.25, -0.2) is 5.90 Å². The lowest BCUT2D eigenvalue weighted by Gasteiger charge is -2.09. The van der Waals surface area contributed by atoms with Crippen LogP contribution in [0.15, 0.2) is 48.5 Å². The van der Waals surface area contributed by atoms with Crippen LogP contribution in [-0.4, -0.2) is 6.61 Å². The lowest BCUT2D eigenvalue weighted by molar-refractivity contribution is 0.141. The molecule has 0 aromatic heterocycles. The Morgan fingerprint density at radius 3 is 2.53 bits per heavy atom. The van der Waals surface area contributed by atoms with Crippen molar-refractivity contribution in [3.63, 3.8) is 0 Å². The quantitative estimate of drug-likeness (QED) is 0.815. The van der Waals surface area contributed by atoms with Gasteiger partial charge >= 0.3 is 0 Å². The minimum atomic E-state index is 0.553. The van der Waals surface area contributed by atoms with Gasteiger partial charge in [0.2, 0.25) is 0 Å². The maximum atomic E-state index is 5.06. The van der Waals surface area contributed by atoms with Crippen LogP contribution in [0.25, 0.3) is 11.1 Å². The van der Waals surface area contributed by atoms with Gasteiger partial charge in [-0.15, -0.1) is 0 Å². The molecule has 0 fully saturated rings. The summed E-state index contributed by atoms with van der Waals surface area (Å²) >= 11 is 0. The molecule has 0 aliphatic carbocycles. The molecular weight excluding hydrogens is 210 g/mol. The highest BCUT2D eigenvalue weighted by molar-refractivity contribution is 5.67. The molecule has 2 heteroatoms. The maximum absolute atomic E-state index is 5.06. The van der Waals surface area contributed by atoms with Crippen LogP contribution in [-0.2, 0) is 11.3 Å². The fourth-order valence-electron chi connectivity index (χ4n) is 1.93. The Balaban J connectivity index is 2.33. The summed E-state index contributed by atoms with van der Waals surface area (Å²) in [6.07, 6.45) is 0.844. The van der Waals surface area contributed by atoms with Crippen LogP contribution >= 0.6 is 0 Å². The third-order valence-electron chi connectivity index (χ3n) is 2.90. The third kappa shape index (κ3) is 2.93. The van der Waals surface area contributed by atoms with E-state index in [4.69, 9.17) is 5.90 Å². The minimum Gasteiger partial charge on any atom is -0.304 e. The van der Waals surface area contributed by atoms with Crippen molar-refractivity contribution in [3.05, 3.63) is 59.7 Å². The first-order valence-electron chi connectivity index (χ1n) is 5.78. The molecule has 2 rings (SSSR count). The number of hydrogen-bond acceptors (Lipinski definition) is 2. The largest absolute Gasteiger partial charge is 0.304 e. The highest BCUT2D eigenvalue weighted by atomic mass is 16.6.